The fourth-order valence-corrected chi connectivity index (χ4v) is 2.49. The maximum absolute atomic E-state index is 13.6. The van der Waals surface area contributed by atoms with Gasteiger partial charge in [0.05, 0.1) is 13.2 Å². The summed E-state index contributed by atoms with van der Waals surface area (Å²) in [7, 11) is 1.29. The molecule has 0 unspecified atom stereocenters. The number of aliphatic hydroxyl groups is 1. The van der Waals surface area contributed by atoms with Crippen molar-refractivity contribution >= 4 is 0 Å². The largest absolute Gasteiger partial charge is 0.493 e. The van der Waals surface area contributed by atoms with Crippen molar-refractivity contribution in [3.63, 3.8) is 0 Å². The predicted molar refractivity (Wildman–Crippen MR) is 58.9 cm³/mol. The maximum atomic E-state index is 13.6. The molecule has 2 rings (SSSR count). The second-order valence-electron chi connectivity index (χ2n) is 4.49. The van der Waals surface area contributed by atoms with Gasteiger partial charge < -0.3 is 15.6 Å². The van der Waals surface area contributed by atoms with Gasteiger partial charge in [0.25, 0.3) is 0 Å². The minimum atomic E-state index is -1.00. The molecular formula is C12H15F2NO2. The Labute approximate surface area is 98.2 Å². The number of aliphatic hydroxyl groups excluding tert-OH is 1. The maximum Gasteiger partial charge on any atom is 0.200 e. The molecule has 1 saturated carbocycles. The zero-order valence-electron chi connectivity index (χ0n) is 9.54. The molecule has 0 heterocycles. The van der Waals surface area contributed by atoms with Crippen LogP contribution in [0.2, 0.25) is 0 Å². The third kappa shape index (κ3) is 1.79. The van der Waals surface area contributed by atoms with Gasteiger partial charge in [-0.15, -0.1) is 0 Å². The Balaban J connectivity index is 2.48. The second-order valence-corrected chi connectivity index (χ2v) is 4.49. The highest BCUT2D eigenvalue weighted by Gasteiger charge is 2.46. The molecule has 1 fully saturated rings. The molecule has 5 heteroatoms. The Hall–Kier alpha value is -1.20. The summed E-state index contributed by atoms with van der Waals surface area (Å²) in [6, 6.07) is 2.55. The number of hydrogen-bond acceptors (Lipinski definition) is 3. The number of benzene rings is 1. The first-order valence-electron chi connectivity index (χ1n) is 5.44. The highest BCUT2D eigenvalue weighted by molar-refractivity contribution is 5.43. The van der Waals surface area contributed by atoms with E-state index in [4.69, 9.17) is 10.5 Å². The Morgan fingerprint density at radius 1 is 1.47 bits per heavy atom. The van der Waals surface area contributed by atoms with Gasteiger partial charge in [0.15, 0.2) is 11.6 Å². The van der Waals surface area contributed by atoms with E-state index in [0.29, 0.717) is 18.4 Å². The van der Waals surface area contributed by atoms with Crippen molar-refractivity contribution in [3.05, 3.63) is 29.3 Å². The Kier molecular flexibility index (Phi) is 3.05. The lowest BCUT2D eigenvalue weighted by molar-refractivity contribution is 0.0207. The van der Waals surface area contributed by atoms with Gasteiger partial charge in [0, 0.05) is 17.5 Å². The van der Waals surface area contributed by atoms with E-state index in [9.17, 15) is 13.9 Å². The third-order valence-electron chi connectivity index (χ3n) is 3.47. The average Bonchev–Trinajstić information content (AvgIpc) is 2.28. The van der Waals surface area contributed by atoms with E-state index in [2.05, 4.69) is 0 Å². The highest BCUT2D eigenvalue weighted by atomic mass is 19.2. The van der Waals surface area contributed by atoms with E-state index in [1.807, 2.05) is 0 Å². The number of methoxy groups -OCH3 is 1. The lowest BCUT2D eigenvalue weighted by Gasteiger charge is -2.45. The molecule has 0 saturated heterocycles. The third-order valence-corrected chi connectivity index (χ3v) is 3.47. The van der Waals surface area contributed by atoms with Gasteiger partial charge >= 0.3 is 0 Å². The van der Waals surface area contributed by atoms with Gasteiger partial charge in [-0.05, 0) is 18.9 Å². The van der Waals surface area contributed by atoms with Gasteiger partial charge in [0.1, 0.15) is 0 Å². The number of nitrogens with two attached hydrogens (primary N) is 1. The van der Waals surface area contributed by atoms with Gasteiger partial charge in [-0.25, -0.2) is 4.39 Å². The van der Waals surface area contributed by atoms with Crippen LogP contribution in [0.3, 0.4) is 0 Å². The Morgan fingerprint density at radius 3 is 2.59 bits per heavy atom. The van der Waals surface area contributed by atoms with Crippen molar-refractivity contribution in [2.75, 3.05) is 13.7 Å². The van der Waals surface area contributed by atoms with Crippen LogP contribution < -0.4 is 10.5 Å². The molecule has 0 radical (unpaired) electrons. The summed E-state index contributed by atoms with van der Waals surface area (Å²) >= 11 is 0. The zero-order valence-corrected chi connectivity index (χ0v) is 9.54. The summed E-state index contributed by atoms with van der Waals surface area (Å²) < 4.78 is 31.6. The summed E-state index contributed by atoms with van der Waals surface area (Å²) in [5.41, 5.74) is 5.73. The number of rotatable bonds is 3. The van der Waals surface area contributed by atoms with Crippen LogP contribution in [0.15, 0.2) is 12.1 Å². The highest BCUT2D eigenvalue weighted by Crippen LogP contribution is 2.47. The first-order chi connectivity index (χ1) is 8.04. The van der Waals surface area contributed by atoms with E-state index in [-0.39, 0.29) is 12.3 Å². The molecule has 1 aromatic carbocycles. The van der Waals surface area contributed by atoms with Crippen LogP contribution in [0.5, 0.6) is 5.75 Å². The van der Waals surface area contributed by atoms with Crippen molar-refractivity contribution in [3.8, 4) is 5.75 Å². The SMILES string of the molecule is COc1c(C2(CN)CC(O)C2)ccc(F)c1F. The lowest BCUT2D eigenvalue weighted by Crippen LogP contribution is -2.50. The molecule has 0 amide bonds. The molecule has 0 atom stereocenters. The molecule has 0 aliphatic heterocycles. The van der Waals surface area contributed by atoms with Gasteiger partial charge in [-0.2, -0.15) is 4.39 Å². The summed E-state index contributed by atoms with van der Waals surface area (Å²) in [6.45, 7) is 0.269. The molecule has 0 aromatic heterocycles. The van der Waals surface area contributed by atoms with Crippen molar-refractivity contribution in [1.29, 1.82) is 0 Å². The lowest BCUT2D eigenvalue weighted by atomic mass is 9.62. The fourth-order valence-electron chi connectivity index (χ4n) is 2.49. The number of hydrogen-bond donors (Lipinski definition) is 2. The Bertz CT molecular complexity index is 431. The van der Waals surface area contributed by atoms with E-state index >= 15 is 0 Å². The fraction of sp³-hybridized carbons (Fsp3) is 0.500. The first-order valence-corrected chi connectivity index (χ1v) is 5.44. The summed E-state index contributed by atoms with van der Waals surface area (Å²) in [5, 5.41) is 9.40. The standard InChI is InChI=1S/C12H15F2NO2/c1-17-11-8(2-3-9(13)10(11)14)12(6-15)4-7(16)5-12/h2-3,7,16H,4-6,15H2,1H3. The first kappa shape index (κ1) is 12.3. The molecule has 94 valence electrons. The van der Waals surface area contributed by atoms with E-state index in [0.717, 1.165) is 6.07 Å². The molecule has 1 aliphatic carbocycles. The zero-order chi connectivity index (χ0) is 12.6. The van der Waals surface area contributed by atoms with Gasteiger partial charge in [-0.1, -0.05) is 6.07 Å². The quantitative estimate of drug-likeness (QED) is 0.842. The number of ether oxygens (including phenoxy) is 1. The Morgan fingerprint density at radius 2 is 2.12 bits per heavy atom. The topological polar surface area (TPSA) is 55.5 Å². The van der Waals surface area contributed by atoms with Crippen LogP contribution in [-0.4, -0.2) is 24.9 Å². The van der Waals surface area contributed by atoms with Crippen molar-refractivity contribution in [2.45, 2.75) is 24.4 Å². The van der Waals surface area contributed by atoms with E-state index in [1.165, 1.54) is 13.2 Å². The smallest absolute Gasteiger partial charge is 0.200 e. The second kappa shape index (κ2) is 4.23. The van der Waals surface area contributed by atoms with Crippen LogP contribution in [0.1, 0.15) is 18.4 Å². The molecule has 3 N–H and O–H groups in total. The van der Waals surface area contributed by atoms with Crippen LogP contribution in [0, 0.1) is 11.6 Å². The molecule has 0 spiro atoms. The van der Waals surface area contributed by atoms with E-state index < -0.39 is 23.2 Å². The van der Waals surface area contributed by atoms with Crippen molar-refractivity contribution in [1.82, 2.24) is 0 Å². The molecule has 1 aromatic rings. The normalized spacial score (nSPS) is 27.7. The van der Waals surface area contributed by atoms with Crippen molar-refractivity contribution < 1.29 is 18.6 Å². The predicted octanol–water partition coefficient (Wildman–Crippen LogP) is 1.32. The molecule has 0 bridgehead atoms. The van der Waals surface area contributed by atoms with Crippen LogP contribution in [0.25, 0.3) is 0 Å². The van der Waals surface area contributed by atoms with Crippen LogP contribution in [-0.2, 0) is 5.41 Å². The molecule has 1 aliphatic rings. The summed E-state index contributed by atoms with van der Waals surface area (Å²) in [6.07, 6.45) is 0.465. The number of halogens is 2. The van der Waals surface area contributed by atoms with Crippen LogP contribution in [0.4, 0.5) is 8.78 Å². The van der Waals surface area contributed by atoms with Gasteiger partial charge in [-0.3, -0.25) is 0 Å². The van der Waals surface area contributed by atoms with Gasteiger partial charge in [0.2, 0.25) is 5.82 Å². The summed E-state index contributed by atoms with van der Waals surface area (Å²) in [4.78, 5) is 0. The van der Waals surface area contributed by atoms with Crippen molar-refractivity contribution in [2.24, 2.45) is 5.73 Å². The minimum Gasteiger partial charge on any atom is -0.493 e. The monoisotopic (exact) mass is 243 g/mol. The van der Waals surface area contributed by atoms with E-state index in [1.54, 1.807) is 0 Å². The molecule has 3 nitrogen and oxygen atoms in total. The van der Waals surface area contributed by atoms with Crippen LogP contribution >= 0.6 is 0 Å². The average molecular weight is 243 g/mol. The molecular weight excluding hydrogens is 228 g/mol. The minimum absolute atomic E-state index is 0.109. The summed E-state index contributed by atoms with van der Waals surface area (Å²) in [5.74, 6) is -2.06. The molecule has 17 heavy (non-hydrogen) atoms.